The Morgan fingerprint density at radius 3 is 2.50 bits per heavy atom. The number of nitrogens with zero attached hydrogens (tertiary/aromatic N) is 1. The fraction of sp³-hybridized carbons (Fsp3) is 0.316. The van der Waals surface area contributed by atoms with Crippen LogP contribution in [0.25, 0.3) is 0 Å². The molecule has 0 aliphatic heterocycles. The van der Waals surface area contributed by atoms with Crippen molar-refractivity contribution >= 4 is 5.96 Å². The summed E-state index contributed by atoms with van der Waals surface area (Å²) in [5.74, 6) is 2.40. The zero-order chi connectivity index (χ0) is 17.2. The van der Waals surface area contributed by atoms with Gasteiger partial charge >= 0.3 is 0 Å². The third kappa shape index (κ3) is 5.59. The molecule has 0 unspecified atom stereocenters. The zero-order valence-electron chi connectivity index (χ0n) is 14.5. The fourth-order valence-corrected chi connectivity index (χ4v) is 2.15. The predicted molar refractivity (Wildman–Crippen MR) is 97.8 cm³/mol. The molecule has 0 atom stereocenters. The molecule has 0 saturated heterocycles. The van der Waals surface area contributed by atoms with Gasteiger partial charge in [0.15, 0.2) is 5.96 Å². The SMILES string of the molecule is CN=C(NCCOC)NCc1ccccc1Oc1ccc(C)cc1. The van der Waals surface area contributed by atoms with Gasteiger partial charge in [-0.25, -0.2) is 0 Å². The molecule has 0 aliphatic rings. The Bertz CT molecular complexity index is 654. The second-order valence-corrected chi connectivity index (χ2v) is 5.37. The van der Waals surface area contributed by atoms with Gasteiger partial charge in [-0.1, -0.05) is 35.9 Å². The lowest BCUT2D eigenvalue weighted by atomic mass is 10.2. The van der Waals surface area contributed by atoms with Gasteiger partial charge in [0.1, 0.15) is 11.5 Å². The summed E-state index contributed by atoms with van der Waals surface area (Å²) < 4.78 is 11.0. The van der Waals surface area contributed by atoms with Crippen LogP contribution in [0.4, 0.5) is 0 Å². The standard InChI is InChI=1S/C19H25N3O2/c1-15-8-10-17(11-9-15)24-18-7-5-4-6-16(18)14-22-19(20-2)21-12-13-23-3/h4-11H,12-14H2,1-3H3,(H2,20,21,22). The second-order valence-electron chi connectivity index (χ2n) is 5.37. The van der Waals surface area contributed by atoms with Crippen LogP contribution in [0.15, 0.2) is 53.5 Å². The molecule has 0 bridgehead atoms. The minimum atomic E-state index is 0.620. The average molecular weight is 327 g/mol. The van der Waals surface area contributed by atoms with Gasteiger partial charge in [-0.05, 0) is 25.1 Å². The molecular weight excluding hydrogens is 302 g/mol. The Balaban J connectivity index is 1.99. The Morgan fingerprint density at radius 1 is 1.04 bits per heavy atom. The lowest BCUT2D eigenvalue weighted by Crippen LogP contribution is -2.38. The number of hydrogen-bond acceptors (Lipinski definition) is 3. The topological polar surface area (TPSA) is 54.9 Å². The Labute approximate surface area is 143 Å². The monoisotopic (exact) mass is 327 g/mol. The smallest absolute Gasteiger partial charge is 0.191 e. The van der Waals surface area contributed by atoms with E-state index < -0.39 is 0 Å². The number of nitrogens with one attached hydrogen (secondary N) is 2. The first-order chi connectivity index (χ1) is 11.7. The van der Waals surface area contributed by atoms with Crippen molar-refractivity contribution in [3.8, 4) is 11.5 Å². The summed E-state index contributed by atoms with van der Waals surface area (Å²) in [5.41, 5.74) is 2.27. The van der Waals surface area contributed by atoms with E-state index >= 15 is 0 Å². The number of hydrogen-bond donors (Lipinski definition) is 2. The molecule has 0 spiro atoms. The van der Waals surface area contributed by atoms with E-state index in [9.17, 15) is 0 Å². The summed E-state index contributed by atoms with van der Waals surface area (Å²) in [6.07, 6.45) is 0. The number of aryl methyl sites for hydroxylation is 1. The molecule has 0 aliphatic carbocycles. The van der Waals surface area contributed by atoms with Crippen LogP contribution in [0, 0.1) is 6.92 Å². The van der Waals surface area contributed by atoms with Crippen molar-refractivity contribution in [1.82, 2.24) is 10.6 Å². The highest BCUT2D eigenvalue weighted by Crippen LogP contribution is 2.25. The van der Waals surface area contributed by atoms with Gasteiger partial charge in [-0.2, -0.15) is 0 Å². The van der Waals surface area contributed by atoms with Crippen molar-refractivity contribution in [1.29, 1.82) is 0 Å². The van der Waals surface area contributed by atoms with Crippen molar-refractivity contribution in [2.75, 3.05) is 27.3 Å². The molecule has 5 heteroatoms. The first kappa shape index (κ1) is 17.8. The average Bonchev–Trinajstić information content (AvgIpc) is 2.61. The van der Waals surface area contributed by atoms with Crippen molar-refractivity contribution in [2.24, 2.45) is 4.99 Å². The van der Waals surface area contributed by atoms with Gasteiger partial charge in [-0.15, -0.1) is 0 Å². The molecule has 2 aromatic carbocycles. The summed E-state index contributed by atoms with van der Waals surface area (Å²) in [7, 11) is 3.42. The maximum Gasteiger partial charge on any atom is 0.191 e. The highest BCUT2D eigenvalue weighted by atomic mass is 16.5. The van der Waals surface area contributed by atoms with E-state index in [-0.39, 0.29) is 0 Å². The molecule has 2 N–H and O–H groups in total. The van der Waals surface area contributed by atoms with Crippen LogP contribution in [0.1, 0.15) is 11.1 Å². The van der Waals surface area contributed by atoms with Gasteiger partial charge in [0, 0.05) is 32.8 Å². The molecule has 0 fully saturated rings. The summed E-state index contributed by atoms with van der Waals surface area (Å²) in [6.45, 7) is 4.02. The molecule has 0 amide bonds. The Morgan fingerprint density at radius 2 is 1.79 bits per heavy atom. The van der Waals surface area contributed by atoms with Crippen molar-refractivity contribution in [3.63, 3.8) is 0 Å². The van der Waals surface area contributed by atoms with E-state index in [1.165, 1.54) is 5.56 Å². The van der Waals surface area contributed by atoms with E-state index in [0.29, 0.717) is 19.7 Å². The number of benzene rings is 2. The maximum absolute atomic E-state index is 6.01. The summed E-state index contributed by atoms with van der Waals surface area (Å²) in [6, 6.07) is 16.0. The third-order valence-corrected chi connectivity index (χ3v) is 3.49. The quantitative estimate of drug-likeness (QED) is 0.466. The minimum absolute atomic E-state index is 0.620. The van der Waals surface area contributed by atoms with Gasteiger partial charge < -0.3 is 20.1 Å². The van der Waals surface area contributed by atoms with E-state index in [1.807, 2.05) is 48.5 Å². The molecule has 0 aromatic heterocycles. The first-order valence-corrected chi connectivity index (χ1v) is 7.99. The summed E-state index contributed by atoms with van der Waals surface area (Å²) >= 11 is 0. The maximum atomic E-state index is 6.01. The molecule has 0 heterocycles. The number of para-hydroxylation sites is 1. The zero-order valence-corrected chi connectivity index (χ0v) is 14.5. The molecule has 0 saturated carbocycles. The van der Waals surface area contributed by atoms with Gasteiger partial charge in [-0.3, -0.25) is 4.99 Å². The first-order valence-electron chi connectivity index (χ1n) is 7.99. The number of rotatable bonds is 7. The number of aliphatic imine (C=N–C) groups is 1. The lowest BCUT2D eigenvalue weighted by molar-refractivity contribution is 0.203. The minimum Gasteiger partial charge on any atom is -0.457 e. The van der Waals surface area contributed by atoms with Crippen LogP contribution in [0.3, 0.4) is 0 Å². The lowest BCUT2D eigenvalue weighted by Gasteiger charge is -2.14. The van der Waals surface area contributed by atoms with Gasteiger partial charge in [0.2, 0.25) is 0 Å². The molecule has 24 heavy (non-hydrogen) atoms. The Kier molecular flexibility index (Phi) is 7.11. The van der Waals surface area contributed by atoms with Crippen LogP contribution >= 0.6 is 0 Å². The number of guanidine groups is 1. The predicted octanol–water partition coefficient (Wildman–Crippen LogP) is 3.10. The van der Waals surface area contributed by atoms with Crippen LogP contribution in [0.5, 0.6) is 11.5 Å². The van der Waals surface area contributed by atoms with Crippen LogP contribution in [-0.4, -0.2) is 33.3 Å². The van der Waals surface area contributed by atoms with Crippen molar-refractivity contribution in [3.05, 3.63) is 59.7 Å². The Hall–Kier alpha value is -2.53. The van der Waals surface area contributed by atoms with E-state index in [1.54, 1.807) is 14.2 Å². The summed E-state index contributed by atoms with van der Waals surface area (Å²) in [5, 5.41) is 6.47. The number of methoxy groups -OCH3 is 1. The van der Waals surface area contributed by atoms with Crippen LogP contribution < -0.4 is 15.4 Å². The third-order valence-electron chi connectivity index (χ3n) is 3.49. The van der Waals surface area contributed by atoms with Crippen molar-refractivity contribution in [2.45, 2.75) is 13.5 Å². The van der Waals surface area contributed by atoms with Crippen LogP contribution in [0.2, 0.25) is 0 Å². The van der Waals surface area contributed by atoms with E-state index in [2.05, 4.69) is 22.5 Å². The van der Waals surface area contributed by atoms with Gasteiger partial charge in [0.05, 0.1) is 6.61 Å². The fourth-order valence-electron chi connectivity index (χ4n) is 2.15. The van der Waals surface area contributed by atoms with Crippen LogP contribution in [-0.2, 0) is 11.3 Å². The number of ether oxygens (including phenoxy) is 2. The molecule has 0 radical (unpaired) electrons. The molecular formula is C19H25N3O2. The highest BCUT2D eigenvalue weighted by Gasteiger charge is 2.05. The molecule has 2 rings (SSSR count). The van der Waals surface area contributed by atoms with E-state index in [0.717, 1.165) is 23.0 Å². The van der Waals surface area contributed by atoms with Gasteiger partial charge in [0.25, 0.3) is 0 Å². The molecule has 128 valence electrons. The normalized spacial score (nSPS) is 11.2. The second kappa shape index (κ2) is 9.57. The highest BCUT2D eigenvalue weighted by molar-refractivity contribution is 5.79. The summed E-state index contributed by atoms with van der Waals surface area (Å²) in [4.78, 5) is 4.20. The van der Waals surface area contributed by atoms with E-state index in [4.69, 9.17) is 9.47 Å². The molecule has 5 nitrogen and oxygen atoms in total. The van der Waals surface area contributed by atoms with Crippen molar-refractivity contribution < 1.29 is 9.47 Å². The largest absolute Gasteiger partial charge is 0.457 e. The molecule has 2 aromatic rings.